The number of fused-ring (bicyclic) bond motifs is 1. The molecule has 9 heteroatoms. The van der Waals surface area contributed by atoms with Crippen molar-refractivity contribution in [1.82, 2.24) is 10.6 Å². The van der Waals surface area contributed by atoms with E-state index in [-0.39, 0.29) is 35.6 Å². The first kappa shape index (κ1) is 26.9. The maximum absolute atomic E-state index is 13.8. The molecule has 0 bridgehead atoms. The van der Waals surface area contributed by atoms with Gasteiger partial charge < -0.3 is 15.7 Å². The van der Waals surface area contributed by atoms with E-state index >= 15 is 0 Å². The lowest BCUT2D eigenvalue weighted by atomic mass is 9.99. The molecule has 2 atom stereocenters. The highest BCUT2D eigenvalue weighted by atomic mass is 32.2. The molecule has 0 aromatic heterocycles. The Balaban J connectivity index is 1.48. The first-order valence-electron chi connectivity index (χ1n) is 12.2. The van der Waals surface area contributed by atoms with Crippen LogP contribution in [0.2, 0.25) is 0 Å². The lowest BCUT2D eigenvalue weighted by Crippen LogP contribution is -2.48. The van der Waals surface area contributed by atoms with Crippen LogP contribution in [0.3, 0.4) is 0 Å². The zero-order chi connectivity index (χ0) is 26.6. The third-order valence-electron chi connectivity index (χ3n) is 6.46. The summed E-state index contributed by atoms with van der Waals surface area (Å²) in [5, 5.41) is 16.9. The molecule has 0 radical (unpaired) electrons. The Kier molecular flexibility index (Phi) is 8.36. The molecule has 0 saturated carbocycles. The zero-order valence-corrected chi connectivity index (χ0v) is 21.3. The average Bonchev–Trinajstić information content (AvgIpc) is 3.16. The van der Waals surface area contributed by atoms with Gasteiger partial charge in [0.15, 0.2) is 9.84 Å². The number of amides is 1. The Hall–Kier alpha value is -3.14. The first-order valence-corrected chi connectivity index (χ1v) is 14.0. The second-order valence-electron chi connectivity index (χ2n) is 9.45. The summed E-state index contributed by atoms with van der Waals surface area (Å²) in [5.41, 5.74) is 4.03. The number of carbonyl (C=O) groups excluding carboxylic acids is 1. The number of rotatable bonds is 10. The molecule has 3 aromatic rings. The Bertz CT molecular complexity index is 1370. The van der Waals surface area contributed by atoms with Gasteiger partial charge in [-0.1, -0.05) is 37.3 Å². The molecule has 0 saturated heterocycles. The van der Waals surface area contributed by atoms with Gasteiger partial charge in [-0.25, -0.2) is 17.2 Å². The average molecular weight is 529 g/mol. The van der Waals surface area contributed by atoms with Crippen LogP contribution in [0.5, 0.6) is 0 Å². The predicted octanol–water partition coefficient (Wildman–Crippen LogP) is 3.45. The summed E-state index contributed by atoms with van der Waals surface area (Å²) >= 11 is 0. The monoisotopic (exact) mass is 528 g/mol. The van der Waals surface area contributed by atoms with Gasteiger partial charge in [-0.15, -0.1) is 0 Å². The van der Waals surface area contributed by atoms with Crippen molar-refractivity contribution in [3.8, 4) is 0 Å². The molecule has 37 heavy (non-hydrogen) atoms. The molecule has 1 heterocycles. The van der Waals surface area contributed by atoms with Gasteiger partial charge in [0, 0.05) is 24.7 Å². The smallest absolute Gasteiger partial charge is 0.251 e. The van der Waals surface area contributed by atoms with Gasteiger partial charge in [-0.05, 0) is 64.9 Å². The summed E-state index contributed by atoms with van der Waals surface area (Å²) < 4.78 is 51.5. The van der Waals surface area contributed by atoms with Crippen LogP contribution < -0.4 is 10.6 Å². The van der Waals surface area contributed by atoms with E-state index in [4.69, 9.17) is 0 Å². The minimum Gasteiger partial charge on any atom is -0.390 e. The number of sulfone groups is 1. The van der Waals surface area contributed by atoms with Crippen molar-refractivity contribution in [3.05, 3.63) is 106 Å². The molecule has 196 valence electrons. The molecular weight excluding hydrogens is 498 g/mol. The minimum atomic E-state index is -3.22. The molecule has 6 nitrogen and oxygen atoms in total. The van der Waals surface area contributed by atoms with E-state index in [1.54, 1.807) is 18.2 Å². The third kappa shape index (κ3) is 7.21. The number of halogens is 2. The SMILES string of the molecule is CCc1cccc(CNC[C@H](O)[C@H](Cc2cc(F)cc(F)c2)NC(=O)c2ccc3c(c2)CS(=O)(=O)C3)c1. The highest BCUT2D eigenvalue weighted by molar-refractivity contribution is 7.90. The van der Waals surface area contributed by atoms with Crippen LogP contribution in [0, 0.1) is 11.6 Å². The third-order valence-corrected chi connectivity index (χ3v) is 7.96. The highest BCUT2D eigenvalue weighted by Gasteiger charge is 2.27. The Labute approximate surface area is 215 Å². The molecule has 1 aliphatic rings. The van der Waals surface area contributed by atoms with E-state index in [9.17, 15) is 27.1 Å². The fourth-order valence-electron chi connectivity index (χ4n) is 4.55. The number of hydrogen-bond acceptors (Lipinski definition) is 5. The molecule has 3 aromatic carbocycles. The number of nitrogens with one attached hydrogen (secondary N) is 2. The van der Waals surface area contributed by atoms with E-state index < -0.39 is 39.5 Å². The van der Waals surface area contributed by atoms with Crippen LogP contribution in [-0.4, -0.2) is 38.1 Å². The van der Waals surface area contributed by atoms with Crippen molar-refractivity contribution >= 4 is 15.7 Å². The number of benzene rings is 3. The van der Waals surface area contributed by atoms with Gasteiger partial charge in [0.2, 0.25) is 0 Å². The van der Waals surface area contributed by atoms with Crippen molar-refractivity contribution in [3.63, 3.8) is 0 Å². The Morgan fingerprint density at radius 1 is 0.946 bits per heavy atom. The second kappa shape index (κ2) is 11.5. The lowest BCUT2D eigenvalue weighted by molar-refractivity contribution is 0.0829. The van der Waals surface area contributed by atoms with E-state index in [1.807, 2.05) is 18.2 Å². The summed E-state index contributed by atoms with van der Waals surface area (Å²) in [6.45, 7) is 2.69. The lowest BCUT2D eigenvalue weighted by Gasteiger charge is -2.25. The molecule has 1 aliphatic heterocycles. The quantitative estimate of drug-likeness (QED) is 0.375. The second-order valence-corrected chi connectivity index (χ2v) is 11.5. The van der Waals surface area contributed by atoms with Crippen LogP contribution in [-0.2, 0) is 40.7 Å². The van der Waals surface area contributed by atoms with Gasteiger partial charge >= 0.3 is 0 Å². The summed E-state index contributed by atoms with van der Waals surface area (Å²) in [6.07, 6.45) is -0.170. The van der Waals surface area contributed by atoms with Crippen LogP contribution in [0.15, 0.2) is 60.7 Å². The van der Waals surface area contributed by atoms with Crippen molar-refractivity contribution in [2.24, 2.45) is 0 Å². The number of aliphatic hydroxyl groups excluding tert-OH is 1. The van der Waals surface area contributed by atoms with Gasteiger partial charge in [0.05, 0.1) is 23.7 Å². The predicted molar refractivity (Wildman–Crippen MR) is 138 cm³/mol. The van der Waals surface area contributed by atoms with Gasteiger partial charge in [0.1, 0.15) is 11.6 Å². The van der Waals surface area contributed by atoms with E-state index in [0.717, 1.165) is 18.1 Å². The summed E-state index contributed by atoms with van der Waals surface area (Å²) in [5.74, 6) is -2.18. The molecule has 1 amide bonds. The molecule has 0 aliphatic carbocycles. The first-order chi connectivity index (χ1) is 17.6. The van der Waals surface area contributed by atoms with E-state index in [2.05, 4.69) is 23.6 Å². The number of hydrogen-bond donors (Lipinski definition) is 3. The Morgan fingerprint density at radius 2 is 1.65 bits per heavy atom. The van der Waals surface area contributed by atoms with E-state index in [1.165, 1.54) is 17.7 Å². The van der Waals surface area contributed by atoms with Gasteiger partial charge in [-0.2, -0.15) is 0 Å². The van der Waals surface area contributed by atoms with Crippen LogP contribution in [0.4, 0.5) is 8.78 Å². The largest absolute Gasteiger partial charge is 0.390 e. The standard InChI is InChI=1S/C28H30F2N2O4S/c1-2-18-4-3-5-19(8-18)14-31-15-27(33)26(11-20-9-24(29)13-25(30)10-20)32-28(34)21-6-7-22-16-37(35,36)17-23(22)12-21/h3-10,12-13,26-27,31,33H,2,11,14-17H2,1H3,(H,32,34)/t26-,27-/m0/s1. The topological polar surface area (TPSA) is 95.5 Å². The molecule has 0 fully saturated rings. The number of carbonyl (C=O) groups is 1. The minimum absolute atomic E-state index is 0.00605. The van der Waals surface area contributed by atoms with Gasteiger partial charge in [0.25, 0.3) is 5.91 Å². The van der Waals surface area contributed by atoms with Crippen molar-refractivity contribution in [2.45, 2.75) is 50.0 Å². The molecule has 3 N–H and O–H groups in total. The summed E-state index contributed by atoms with van der Waals surface area (Å²) in [7, 11) is -3.22. The molecule has 0 unspecified atom stereocenters. The molecule has 0 spiro atoms. The van der Waals surface area contributed by atoms with Crippen molar-refractivity contribution < 1.29 is 27.1 Å². The maximum Gasteiger partial charge on any atom is 0.251 e. The Morgan fingerprint density at radius 3 is 2.38 bits per heavy atom. The summed E-state index contributed by atoms with van der Waals surface area (Å²) in [6, 6.07) is 15.0. The molecular formula is C28H30F2N2O4S. The van der Waals surface area contributed by atoms with Crippen molar-refractivity contribution in [1.29, 1.82) is 0 Å². The zero-order valence-electron chi connectivity index (χ0n) is 20.5. The maximum atomic E-state index is 13.8. The van der Waals surface area contributed by atoms with Crippen LogP contribution >= 0.6 is 0 Å². The fourth-order valence-corrected chi connectivity index (χ4v) is 6.15. The normalized spacial score (nSPS) is 15.7. The summed E-state index contributed by atoms with van der Waals surface area (Å²) in [4.78, 5) is 13.1. The number of aryl methyl sites for hydroxylation is 1. The number of aliphatic hydroxyl groups is 1. The van der Waals surface area contributed by atoms with Crippen molar-refractivity contribution in [2.75, 3.05) is 6.54 Å². The van der Waals surface area contributed by atoms with Crippen LogP contribution in [0.25, 0.3) is 0 Å². The van der Waals surface area contributed by atoms with Gasteiger partial charge in [-0.3, -0.25) is 4.79 Å². The fraction of sp³-hybridized carbons (Fsp3) is 0.321. The van der Waals surface area contributed by atoms with E-state index in [0.29, 0.717) is 17.7 Å². The van der Waals surface area contributed by atoms with Crippen LogP contribution in [0.1, 0.15) is 45.1 Å². The highest BCUT2D eigenvalue weighted by Crippen LogP contribution is 2.26. The molecule has 4 rings (SSSR count).